The predicted octanol–water partition coefficient (Wildman–Crippen LogP) is 6.96. The van der Waals surface area contributed by atoms with Crippen molar-refractivity contribution in [2.75, 3.05) is 33.0 Å². The Morgan fingerprint density at radius 2 is 1.98 bits per heavy atom. The number of ether oxygens (including phenoxy) is 3. The molecule has 1 heterocycles. The van der Waals surface area contributed by atoms with Gasteiger partial charge in [-0.05, 0) is 70.4 Å². The van der Waals surface area contributed by atoms with Crippen molar-refractivity contribution >= 4 is 6.72 Å². The van der Waals surface area contributed by atoms with Gasteiger partial charge in [0.25, 0.3) is 0 Å². The molecule has 1 N–H and O–H groups in total. The van der Waals surface area contributed by atoms with E-state index < -0.39 is 11.7 Å². The smallest absolute Gasteiger partial charge is 0.416 e. The van der Waals surface area contributed by atoms with Crippen molar-refractivity contribution in [1.29, 1.82) is 0 Å². The number of aryl methyl sites for hydroxylation is 1. The fourth-order valence-electron chi connectivity index (χ4n) is 3.77. The molecule has 0 atom stereocenters. The van der Waals surface area contributed by atoms with Crippen LogP contribution in [0.15, 0.2) is 83.8 Å². The summed E-state index contributed by atoms with van der Waals surface area (Å²) in [6.45, 7) is 19.5. The molecule has 0 bridgehead atoms. The highest BCUT2D eigenvalue weighted by Gasteiger charge is 2.35. The molecule has 0 aliphatic carbocycles. The van der Waals surface area contributed by atoms with Gasteiger partial charge < -0.3 is 19.5 Å². The second-order valence-corrected chi connectivity index (χ2v) is 10.5. The van der Waals surface area contributed by atoms with Crippen molar-refractivity contribution in [1.82, 2.24) is 10.3 Å². The second-order valence-electron chi connectivity index (χ2n) is 10.5. The van der Waals surface area contributed by atoms with E-state index in [9.17, 15) is 13.2 Å². The topological polar surface area (TPSA) is 55.3 Å². The molecule has 2 rings (SSSR count). The maximum Gasteiger partial charge on any atom is 0.416 e. The van der Waals surface area contributed by atoms with Gasteiger partial charge in [0.1, 0.15) is 12.4 Å². The molecule has 1 fully saturated rings. The number of alkyl halides is 3. The Morgan fingerprint density at radius 3 is 2.50 bits per heavy atom. The highest BCUT2D eigenvalue weighted by Crippen LogP contribution is 2.32. The predicted molar refractivity (Wildman–Crippen MR) is 155 cm³/mol. The van der Waals surface area contributed by atoms with E-state index in [4.69, 9.17) is 14.2 Å². The normalized spacial score (nSPS) is 16.3. The van der Waals surface area contributed by atoms with Gasteiger partial charge in [-0.1, -0.05) is 43.0 Å². The summed E-state index contributed by atoms with van der Waals surface area (Å²) < 4.78 is 56.3. The number of nitrogens with zero attached hydrogens (tertiary/aromatic N) is 2. The molecule has 220 valence electrons. The number of rotatable bonds is 15. The van der Waals surface area contributed by atoms with Crippen LogP contribution in [0.3, 0.4) is 0 Å². The summed E-state index contributed by atoms with van der Waals surface area (Å²) in [6, 6.07) is 3.41. The van der Waals surface area contributed by atoms with Gasteiger partial charge in [-0.15, -0.1) is 0 Å². The molecule has 1 aliphatic rings. The monoisotopic (exact) mass is 561 g/mol. The lowest BCUT2D eigenvalue weighted by atomic mass is 9.95. The van der Waals surface area contributed by atoms with Gasteiger partial charge in [0, 0.05) is 19.5 Å². The summed E-state index contributed by atoms with van der Waals surface area (Å²) in [4.78, 5) is 0. The second kappa shape index (κ2) is 15.0. The zero-order chi connectivity index (χ0) is 29.8. The molecule has 6 nitrogen and oxygen atoms in total. The van der Waals surface area contributed by atoms with Crippen LogP contribution in [0, 0.1) is 6.92 Å². The maximum atomic E-state index is 13.0. The third kappa shape index (κ3) is 10.8. The molecule has 1 aromatic carbocycles. The summed E-state index contributed by atoms with van der Waals surface area (Å²) >= 11 is 0. The van der Waals surface area contributed by atoms with Gasteiger partial charge in [-0.25, -0.2) is 5.01 Å². The van der Waals surface area contributed by atoms with Gasteiger partial charge in [-0.2, -0.15) is 18.3 Å². The minimum Gasteiger partial charge on any atom is -0.487 e. The van der Waals surface area contributed by atoms with Crippen LogP contribution >= 0.6 is 0 Å². The Morgan fingerprint density at radius 1 is 1.25 bits per heavy atom. The molecule has 0 amide bonds. The lowest BCUT2D eigenvalue weighted by Gasteiger charge is -2.40. The number of nitrogens with one attached hydrogen (secondary N) is 1. The molecule has 9 heteroatoms. The molecular formula is C31H42F3N3O3. The molecule has 0 aromatic heterocycles. The highest BCUT2D eigenvalue weighted by molar-refractivity contribution is 5.38. The Kier molecular flexibility index (Phi) is 12.4. The number of allylic oxidation sites excluding steroid dienone is 6. The van der Waals surface area contributed by atoms with Crippen LogP contribution in [0.4, 0.5) is 13.2 Å². The molecule has 40 heavy (non-hydrogen) atoms. The molecule has 0 saturated carbocycles. The lowest BCUT2D eigenvalue weighted by molar-refractivity contribution is -0.137. The minimum absolute atomic E-state index is 0.0605. The van der Waals surface area contributed by atoms with Crippen LogP contribution in [-0.2, 0) is 15.7 Å². The molecule has 0 spiro atoms. The van der Waals surface area contributed by atoms with Gasteiger partial charge in [-0.3, -0.25) is 0 Å². The standard InChI is InChI=1S/C31H42F3N3O3/c1-8-10-11-25(16-17-30(22-38-23-30)36-18-19-40-29(4,5)6)12-14-27(37(9-2)35-7)21-39-28-15-13-26(20-24(28)3)31(32,33)34/h8-11,13-17,20,36H,2,7,12,18-19,21-23H2,1,3-6H3/b10-8-,17-16+,25-11-,27-14-. The van der Waals surface area contributed by atoms with Crippen LogP contribution < -0.4 is 10.1 Å². The van der Waals surface area contributed by atoms with E-state index in [1.165, 1.54) is 17.3 Å². The largest absolute Gasteiger partial charge is 0.487 e. The molecule has 1 aromatic rings. The zero-order valence-electron chi connectivity index (χ0n) is 24.2. The number of benzene rings is 1. The third-order valence-corrected chi connectivity index (χ3v) is 6.02. The van der Waals surface area contributed by atoms with Crippen LogP contribution in [0.1, 0.15) is 45.2 Å². The van der Waals surface area contributed by atoms with E-state index >= 15 is 0 Å². The van der Waals surface area contributed by atoms with Crippen molar-refractivity contribution in [3.05, 3.63) is 89.8 Å². The molecule has 0 unspecified atom stereocenters. The van der Waals surface area contributed by atoms with Crippen LogP contribution in [0.25, 0.3) is 0 Å². The van der Waals surface area contributed by atoms with E-state index in [0.717, 1.165) is 17.7 Å². The van der Waals surface area contributed by atoms with Crippen molar-refractivity contribution < 1.29 is 27.4 Å². The minimum atomic E-state index is -4.41. The first-order valence-corrected chi connectivity index (χ1v) is 13.2. The fraction of sp³-hybridized carbons (Fsp3) is 0.452. The van der Waals surface area contributed by atoms with Crippen molar-refractivity contribution in [2.24, 2.45) is 5.10 Å². The zero-order valence-corrected chi connectivity index (χ0v) is 24.2. The molecule has 1 saturated heterocycles. The lowest BCUT2D eigenvalue weighted by Crippen LogP contribution is -2.59. The average Bonchev–Trinajstić information content (AvgIpc) is 2.86. The van der Waals surface area contributed by atoms with Crippen molar-refractivity contribution in [2.45, 2.75) is 58.4 Å². The van der Waals surface area contributed by atoms with E-state index in [1.807, 2.05) is 52.0 Å². The van der Waals surface area contributed by atoms with Crippen LogP contribution in [0.5, 0.6) is 5.75 Å². The van der Waals surface area contributed by atoms with Crippen LogP contribution in [0.2, 0.25) is 0 Å². The Hall–Kier alpha value is -3.14. The van der Waals surface area contributed by atoms with E-state index in [-0.39, 0.29) is 17.7 Å². The third-order valence-electron chi connectivity index (χ3n) is 6.02. The van der Waals surface area contributed by atoms with Gasteiger partial charge >= 0.3 is 6.18 Å². The summed E-state index contributed by atoms with van der Waals surface area (Å²) in [5.41, 5.74) is 0.876. The fourth-order valence-corrected chi connectivity index (χ4v) is 3.77. The van der Waals surface area contributed by atoms with Gasteiger partial charge in [0.15, 0.2) is 0 Å². The summed E-state index contributed by atoms with van der Waals surface area (Å²) in [5, 5.41) is 9.00. The number of halogens is 3. The van der Waals surface area contributed by atoms with Gasteiger partial charge in [0.05, 0.1) is 42.2 Å². The van der Waals surface area contributed by atoms with Crippen molar-refractivity contribution in [3.63, 3.8) is 0 Å². The van der Waals surface area contributed by atoms with E-state index in [1.54, 1.807) is 6.92 Å². The van der Waals surface area contributed by atoms with E-state index in [0.29, 0.717) is 49.8 Å². The molecular weight excluding hydrogens is 519 g/mol. The average molecular weight is 562 g/mol. The Bertz CT molecular complexity index is 1100. The quantitative estimate of drug-likeness (QED) is 0.109. The first kappa shape index (κ1) is 33.1. The number of hydrazone groups is 1. The Labute approximate surface area is 236 Å². The summed E-state index contributed by atoms with van der Waals surface area (Å²) in [7, 11) is 0. The van der Waals surface area contributed by atoms with E-state index in [2.05, 4.69) is 35.9 Å². The SMILES string of the molecule is C=CN(N=C)/C(=C\CC(=C/C=C\C)/C=C/C1(NCCOC(C)(C)C)COC1)COc1ccc(C(F)(F)F)cc1C. The van der Waals surface area contributed by atoms with Crippen LogP contribution in [-0.4, -0.2) is 55.8 Å². The van der Waals surface area contributed by atoms with Crippen molar-refractivity contribution in [3.8, 4) is 5.75 Å². The number of hydrogen-bond acceptors (Lipinski definition) is 6. The maximum absolute atomic E-state index is 13.0. The Balaban J connectivity index is 2.17. The van der Waals surface area contributed by atoms with Gasteiger partial charge in [0.2, 0.25) is 0 Å². The summed E-state index contributed by atoms with van der Waals surface area (Å²) in [5.74, 6) is 0.352. The highest BCUT2D eigenvalue weighted by atomic mass is 19.4. The molecule has 0 radical (unpaired) electrons. The summed E-state index contributed by atoms with van der Waals surface area (Å²) in [6.07, 6.45) is 9.66. The first-order chi connectivity index (χ1) is 18.8. The number of hydrogen-bond donors (Lipinski definition) is 1. The first-order valence-electron chi connectivity index (χ1n) is 13.2. The molecule has 1 aliphatic heterocycles.